The van der Waals surface area contributed by atoms with Crippen molar-refractivity contribution in [1.82, 2.24) is 14.9 Å². The van der Waals surface area contributed by atoms with Crippen molar-refractivity contribution in [3.05, 3.63) is 65.1 Å². The Hall–Kier alpha value is -2.40. The molecule has 4 rings (SSSR count). The Morgan fingerprint density at radius 1 is 1.15 bits per heavy atom. The number of imidazole rings is 1. The van der Waals surface area contributed by atoms with Crippen molar-refractivity contribution in [2.75, 3.05) is 6.54 Å². The number of carbonyl (C=O) groups is 1. The molecule has 0 radical (unpaired) electrons. The van der Waals surface area contributed by atoms with Crippen molar-refractivity contribution in [2.24, 2.45) is 0 Å². The highest BCUT2D eigenvalue weighted by Gasteiger charge is 2.43. The highest BCUT2D eigenvalue weighted by atomic mass is 32.1. The third-order valence-corrected chi connectivity index (χ3v) is 6.57. The molecule has 0 saturated heterocycles. The van der Waals surface area contributed by atoms with Crippen molar-refractivity contribution in [3.8, 4) is 11.4 Å². The fourth-order valence-electron chi connectivity index (χ4n) is 4.07. The molecule has 1 N–H and O–H groups in total. The van der Waals surface area contributed by atoms with E-state index in [0.29, 0.717) is 6.54 Å². The van der Waals surface area contributed by atoms with Crippen LogP contribution in [-0.4, -0.2) is 22.0 Å². The minimum absolute atomic E-state index is 0.205. The van der Waals surface area contributed by atoms with Gasteiger partial charge in [0.05, 0.1) is 5.41 Å². The number of nitrogens with zero attached hydrogens (tertiary/aromatic N) is 2. The summed E-state index contributed by atoms with van der Waals surface area (Å²) >= 11 is 1.71. The standard InChI is InChI=1S/C22H25N3OS/c26-21(22(11-4-5-12-22)19-10-6-17-27-19)24-13-7-15-25-16-14-23-20(25)18-8-2-1-3-9-18/h1-3,6,8-10,14,16-17H,4-5,7,11-13,15H2,(H,24,26). The van der Waals surface area contributed by atoms with Gasteiger partial charge in [-0.1, -0.05) is 49.2 Å². The lowest BCUT2D eigenvalue weighted by Crippen LogP contribution is -2.42. The van der Waals surface area contributed by atoms with Gasteiger partial charge in [-0.25, -0.2) is 4.98 Å². The highest BCUT2D eigenvalue weighted by Crippen LogP contribution is 2.43. The third-order valence-electron chi connectivity index (χ3n) is 5.49. The Kier molecular flexibility index (Phi) is 5.39. The maximum Gasteiger partial charge on any atom is 0.231 e. The van der Waals surface area contributed by atoms with Gasteiger partial charge < -0.3 is 9.88 Å². The Bertz CT molecular complexity index is 864. The summed E-state index contributed by atoms with van der Waals surface area (Å²) in [7, 11) is 0. The maximum absolute atomic E-state index is 13.0. The Morgan fingerprint density at radius 2 is 1.96 bits per heavy atom. The van der Waals surface area contributed by atoms with Gasteiger partial charge in [-0.15, -0.1) is 11.3 Å². The monoisotopic (exact) mass is 379 g/mol. The molecule has 4 nitrogen and oxygen atoms in total. The first-order chi connectivity index (χ1) is 13.3. The van der Waals surface area contributed by atoms with Gasteiger partial charge in [0.15, 0.2) is 0 Å². The molecule has 1 fully saturated rings. The number of aromatic nitrogens is 2. The van der Waals surface area contributed by atoms with Crippen LogP contribution in [-0.2, 0) is 16.8 Å². The van der Waals surface area contributed by atoms with E-state index in [1.165, 1.54) is 4.88 Å². The minimum Gasteiger partial charge on any atom is -0.355 e. The molecule has 2 aromatic heterocycles. The van der Waals surface area contributed by atoms with E-state index in [-0.39, 0.29) is 11.3 Å². The van der Waals surface area contributed by atoms with Crippen LogP contribution in [0.1, 0.15) is 37.0 Å². The topological polar surface area (TPSA) is 46.9 Å². The second kappa shape index (κ2) is 8.09. The van der Waals surface area contributed by atoms with Crippen molar-refractivity contribution < 1.29 is 4.79 Å². The summed E-state index contributed by atoms with van der Waals surface area (Å²) < 4.78 is 2.16. The van der Waals surface area contributed by atoms with Crippen LogP contribution in [0.4, 0.5) is 0 Å². The predicted molar refractivity (Wildman–Crippen MR) is 110 cm³/mol. The lowest BCUT2D eigenvalue weighted by Gasteiger charge is -2.26. The fraction of sp³-hybridized carbons (Fsp3) is 0.364. The van der Waals surface area contributed by atoms with E-state index in [2.05, 4.69) is 44.5 Å². The Balaban J connectivity index is 1.34. The smallest absolute Gasteiger partial charge is 0.231 e. The molecule has 5 heteroatoms. The lowest BCUT2D eigenvalue weighted by molar-refractivity contribution is -0.126. The molecule has 0 bridgehead atoms. The average molecular weight is 380 g/mol. The molecule has 3 aromatic rings. The van der Waals surface area contributed by atoms with Gasteiger partial charge in [0.2, 0.25) is 5.91 Å². The van der Waals surface area contributed by atoms with Crippen LogP contribution in [0.5, 0.6) is 0 Å². The number of aryl methyl sites for hydroxylation is 1. The van der Waals surface area contributed by atoms with Crippen molar-refractivity contribution >= 4 is 17.2 Å². The quantitative estimate of drug-likeness (QED) is 0.609. The van der Waals surface area contributed by atoms with E-state index >= 15 is 0 Å². The number of rotatable bonds is 7. The molecule has 0 aliphatic heterocycles. The third kappa shape index (κ3) is 3.69. The first kappa shape index (κ1) is 18.0. The van der Waals surface area contributed by atoms with Gasteiger partial charge in [-0.3, -0.25) is 4.79 Å². The zero-order valence-corrected chi connectivity index (χ0v) is 16.3. The summed E-state index contributed by atoms with van der Waals surface area (Å²) in [5, 5.41) is 5.29. The molecule has 0 atom stereocenters. The van der Waals surface area contributed by atoms with Crippen LogP contribution in [0.25, 0.3) is 11.4 Å². The molecule has 1 saturated carbocycles. The molecule has 0 unspecified atom stereocenters. The number of benzene rings is 1. The van der Waals surface area contributed by atoms with Crippen LogP contribution in [0, 0.1) is 0 Å². The minimum atomic E-state index is -0.293. The molecule has 0 spiro atoms. The van der Waals surface area contributed by atoms with E-state index in [1.807, 2.05) is 30.6 Å². The van der Waals surface area contributed by atoms with Gasteiger partial charge in [-0.2, -0.15) is 0 Å². The SMILES string of the molecule is O=C(NCCCn1ccnc1-c1ccccc1)C1(c2cccs2)CCCC1. The summed E-state index contributed by atoms with van der Waals surface area (Å²) in [6.45, 7) is 1.54. The largest absolute Gasteiger partial charge is 0.355 e. The van der Waals surface area contributed by atoms with E-state index in [1.54, 1.807) is 11.3 Å². The lowest BCUT2D eigenvalue weighted by atomic mass is 9.83. The van der Waals surface area contributed by atoms with Gasteiger partial charge in [0.25, 0.3) is 0 Å². The molecule has 1 aliphatic carbocycles. The van der Waals surface area contributed by atoms with Crippen molar-refractivity contribution in [3.63, 3.8) is 0 Å². The second-order valence-corrected chi connectivity index (χ2v) is 8.13. The number of nitrogens with one attached hydrogen (secondary N) is 1. The van der Waals surface area contributed by atoms with Crippen LogP contribution in [0.15, 0.2) is 60.2 Å². The van der Waals surface area contributed by atoms with Crippen molar-refractivity contribution in [1.29, 1.82) is 0 Å². The summed E-state index contributed by atoms with van der Waals surface area (Å²) in [6.07, 6.45) is 8.96. The van der Waals surface area contributed by atoms with Crippen LogP contribution >= 0.6 is 11.3 Å². The zero-order valence-electron chi connectivity index (χ0n) is 15.4. The van der Waals surface area contributed by atoms with Crippen molar-refractivity contribution in [2.45, 2.75) is 44.1 Å². The highest BCUT2D eigenvalue weighted by molar-refractivity contribution is 7.10. The molecule has 1 aromatic carbocycles. The normalized spacial score (nSPS) is 15.7. The Labute approximate surface area is 164 Å². The molecule has 1 aliphatic rings. The number of hydrogen-bond donors (Lipinski definition) is 1. The fourth-order valence-corrected chi connectivity index (χ4v) is 5.06. The molecule has 27 heavy (non-hydrogen) atoms. The van der Waals surface area contributed by atoms with Gasteiger partial charge in [0.1, 0.15) is 5.82 Å². The summed E-state index contributed by atoms with van der Waals surface area (Å²) in [4.78, 5) is 18.7. The molecule has 140 valence electrons. The molecule has 2 heterocycles. The summed E-state index contributed by atoms with van der Waals surface area (Å²) in [5.41, 5.74) is 0.826. The summed E-state index contributed by atoms with van der Waals surface area (Å²) in [5.74, 6) is 1.18. The van der Waals surface area contributed by atoms with Gasteiger partial charge in [-0.05, 0) is 30.7 Å². The summed E-state index contributed by atoms with van der Waals surface area (Å²) in [6, 6.07) is 14.4. The number of hydrogen-bond acceptors (Lipinski definition) is 3. The van der Waals surface area contributed by atoms with Gasteiger partial charge in [0, 0.05) is 35.9 Å². The molecule has 1 amide bonds. The Morgan fingerprint density at radius 3 is 2.70 bits per heavy atom. The van der Waals surface area contributed by atoms with Crippen LogP contribution < -0.4 is 5.32 Å². The van der Waals surface area contributed by atoms with E-state index < -0.39 is 0 Å². The van der Waals surface area contributed by atoms with Crippen LogP contribution in [0.3, 0.4) is 0 Å². The second-order valence-electron chi connectivity index (χ2n) is 7.19. The predicted octanol–water partition coefficient (Wildman–Crippen LogP) is 4.63. The number of carbonyl (C=O) groups excluding carboxylic acids is 1. The zero-order chi connectivity index (χ0) is 18.5. The number of amides is 1. The first-order valence-electron chi connectivity index (χ1n) is 9.68. The van der Waals surface area contributed by atoms with Gasteiger partial charge >= 0.3 is 0 Å². The van der Waals surface area contributed by atoms with Crippen LogP contribution in [0.2, 0.25) is 0 Å². The van der Waals surface area contributed by atoms with E-state index in [9.17, 15) is 4.79 Å². The average Bonchev–Trinajstić information content (AvgIpc) is 3.47. The first-order valence-corrected chi connectivity index (χ1v) is 10.6. The molecular formula is C22H25N3OS. The number of thiophene rings is 1. The van der Waals surface area contributed by atoms with E-state index in [0.717, 1.165) is 50.0 Å². The molecular weight excluding hydrogens is 354 g/mol. The van der Waals surface area contributed by atoms with E-state index in [4.69, 9.17) is 0 Å². The maximum atomic E-state index is 13.0.